The first-order chi connectivity index (χ1) is 4.56. The molecule has 1 nitrogen and oxygen atoms in total. The maximum absolute atomic E-state index is 5.39. The molecule has 0 bridgehead atoms. The van der Waals surface area contributed by atoms with Crippen LogP contribution in [0.25, 0.3) is 0 Å². The lowest BCUT2D eigenvalue weighted by atomic mass is 10.8. The van der Waals surface area contributed by atoms with Gasteiger partial charge in [0.25, 0.3) is 0 Å². The summed E-state index contributed by atoms with van der Waals surface area (Å²) in [4.78, 5) is 0. The van der Waals surface area contributed by atoms with Crippen molar-refractivity contribution in [2.45, 2.75) is 25.7 Å². The predicted molar refractivity (Wildman–Crippen MR) is 57.9 cm³/mol. The molecule has 62 valence electrons. The van der Waals surface area contributed by atoms with Crippen LogP contribution in [0.1, 0.15) is 0 Å². The van der Waals surface area contributed by atoms with Crippen LogP contribution in [0.15, 0.2) is 0 Å². The molecule has 0 fully saturated rings. The van der Waals surface area contributed by atoms with Crippen LogP contribution < -0.4 is 0 Å². The molecule has 3 heteroatoms. The normalized spacial score (nSPS) is 12.0. The molecule has 0 saturated carbocycles. The Morgan fingerprint density at radius 1 is 1.20 bits per heavy atom. The molecule has 0 aromatic carbocycles. The van der Waals surface area contributed by atoms with Crippen LogP contribution in [0.4, 0.5) is 0 Å². The highest BCUT2D eigenvalue weighted by Crippen LogP contribution is 2.07. The van der Waals surface area contributed by atoms with E-state index >= 15 is 0 Å². The van der Waals surface area contributed by atoms with Crippen molar-refractivity contribution in [2.75, 3.05) is 17.6 Å². The number of hydrogen-bond acceptors (Lipinski definition) is 1. The molecule has 0 spiro atoms. The van der Waals surface area contributed by atoms with Crippen LogP contribution in [0.3, 0.4) is 0 Å². The molecule has 0 atom stereocenters. The first-order valence-electron chi connectivity index (χ1n) is 3.70. The highest BCUT2D eigenvalue weighted by molar-refractivity contribution is 14.1. The van der Waals surface area contributed by atoms with Gasteiger partial charge in [-0.05, 0) is 6.04 Å². The summed E-state index contributed by atoms with van der Waals surface area (Å²) in [6.07, 6.45) is 0. The van der Waals surface area contributed by atoms with Gasteiger partial charge < -0.3 is 4.74 Å². The van der Waals surface area contributed by atoms with Crippen LogP contribution in [0.5, 0.6) is 0 Å². The average molecular weight is 272 g/mol. The third kappa shape index (κ3) is 8.91. The second-order valence-corrected chi connectivity index (χ2v) is 10.3. The zero-order valence-electron chi connectivity index (χ0n) is 7.11. The lowest BCUT2D eigenvalue weighted by Crippen LogP contribution is -2.21. The van der Waals surface area contributed by atoms with Crippen LogP contribution in [0.2, 0.25) is 25.7 Å². The van der Waals surface area contributed by atoms with Gasteiger partial charge in [-0.2, -0.15) is 0 Å². The van der Waals surface area contributed by atoms with Gasteiger partial charge in [-0.1, -0.05) is 42.2 Å². The third-order valence-electron chi connectivity index (χ3n) is 1.22. The fraction of sp³-hybridized carbons (Fsp3) is 1.00. The Labute approximate surface area is 78.7 Å². The van der Waals surface area contributed by atoms with Gasteiger partial charge in [0.15, 0.2) is 0 Å². The highest BCUT2D eigenvalue weighted by Gasteiger charge is 2.11. The Bertz CT molecular complexity index is 80.2. The second-order valence-electron chi connectivity index (χ2n) is 3.61. The van der Waals surface area contributed by atoms with Crippen LogP contribution in [-0.4, -0.2) is 25.7 Å². The summed E-state index contributed by atoms with van der Waals surface area (Å²) in [7, 11) is -0.835. The zero-order chi connectivity index (χ0) is 8.04. The van der Waals surface area contributed by atoms with E-state index < -0.39 is 8.07 Å². The Balaban J connectivity index is 3.04. The number of rotatable bonds is 5. The maximum Gasteiger partial charge on any atom is 0.0555 e. The number of ether oxygens (including phenoxy) is 1. The molecule has 0 aliphatic rings. The van der Waals surface area contributed by atoms with E-state index in [1.807, 2.05) is 0 Å². The van der Waals surface area contributed by atoms with Gasteiger partial charge in [-0.15, -0.1) is 0 Å². The smallest absolute Gasteiger partial charge is 0.0555 e. The quantitative estimate of drug-likeness (QED) is 0.323. The summed E-state index contributed by atoms with van der Waals surface area (Å²) < 4.78 is 6.50. The Kier molecular flexibility index (Phi) is 6.05. The predicted octanol–water partition coefficient (Wildman–Crippen LogP) is 2.78. The van der Waals surface area contributed by atoms with Crippen molar-refractivity contribution in [3.05, 3.63) is 0 Å². The van der Waals surface area contributed by atoms with E-state index in [0.717, 1.165) is 17.6 Å². The highest BCUT2D eigenvalue weighted by atomic mass is 127. The first-order valence-corrected chi connectivity index (χ1v) is 8.93. The minimum atomic E-state index is -0.835. The molecular weight excluding hydrogens is 255 g/mol. The fourth-order valence-corrected chi connectivity index (χ4v) is 1.60. The van der Waals surface area contributed by atoms with Crippen molar-refractivity contribution in [1.29, 1.82) is 0 Å². The standard InChI is InChI=1S/C7H17IOSi/c1-10(2,3)7-6-9-5-4-8/h4-7H2,1-3H3. The van der Waals surface area contributed by atoms with Gasteiger partial charge in [0, 0.05) is 19.1 Å². The van der Waals surface area contributed by atoms with E-state index in [1.54, 1.807) is 0 Å². The average Bonchev–Trinajstić information content (AvgIpc) is 1.78. The first kappa shape index (κ1) is 10.9. The van der Waals surface area contributed by atoms with Crippen molar-refractivity contribution in [3.63, 3.8) is 0 Å². The van der Waals surface area contributed by atoms with Crippen LogP contribution in [0, 0.1) is 0 Å². The monoisotopic (exact) mass is 272 g/mol. The van der Waals surface area contributed by atoms with E-state index in [-0.39, 0.29) is 0 Å². The summed E-state index contributed by atoms with van der Waals surface area (Å²) in [5.41, 5.74) is 0. The second kappa shape index (κ2) is 5.54. The van der Waals surface area contributed by atoms with Gasteiger partial charge in [-0.25, -0.2) is 0 Å². The van der Waals surface area contributed by atoms with Gasteiger partial charge in [0.2, 0.25) is 0 Å². The van der Waals surface area contributed by atoms with E-state index in [1.165, 1.54) is 6.04 Å². The minimum absolute atomic E-state index is 0.835. The molecule has 0 rings (SSSR count). The van der Waals surface area contributed by atoms with Crippen molar-refractivity contribution in [2.24, 2.45) is 0 Å². The van der Waals surface area contributed by atoms with E-state index in [2.05, 4.69) is 42.2 Å². The molecule has 0 aliphatic heterocycles. The van der Waals surface area contributed by atoms with Crippen molar-refractivity contribution in [3.8, 4) is 0 Å². The van der Waals surface area contributed by atoms with Crippen molar-refractivity contribution in [1.82, 2.24) is 0 Å². The van der Waals surface area contributed by atoms with Crippen LogP contribution >= 0.6 is 22.6 Å². The summed E-state index contributed by atoms with van der Waals surface area (Å²) >= 11 is 2.33. The molecule has 0 radical (unpaired) electrons. The Morgan fingerprint density at radius 2 is 1.80 bits per heavy atom. The molecular formula is C7H17IOSi. The van der Waals surface area contributed by atoms with Crippen LogP contribution in [-0.2, 0) is 4.74 Å². The summed E-state index contributed by atoms with van der Waals surface area (Å²) in [6, 6.07) is 1.30. The van der Waals surface area contributed by atoms with Gasteiger partial charge in [0.05, 0.1) is 6.61 Å². The van der Waals surface area contributed by atoms with Gasteiger partial charge >= 0.3 is 0 Å². The van der Waals surface area contributed by atoms with E-state index in [4.69, 9.17) is 4.74 Å². The number of alkyl halides is 1. The molecule has 0 aliphatic carbocycles. The topological polar surface area (TPSA) is 9.23 Å². The largest absolute Gasteiger partial charge is 0.381 e. The van der Waals surface area contributed by atoms with Crippen molar-refractivity contribution < 1.29 is 4.74 Å². The molecule has 0 aromatic heterocycles. The summed E-state index contributed by atoms with van der Waals surface area (Å²) in [6.45, 7) is 9.02. The SMILES string of the molecule is C[Si](C)(C)CCOCCI. The molecule has 0 N–H and O–H groups in total. The Hall–Kier alpha value is 0.907. The Morgan fingerprint density at radius 3 is 2.20 bits per heavy atom. The summed E-state index contributed by atoms with van der Waals surface area (Å²) in [5.74, 6) is 0. The molecule has 0 saturated heterocycles. The van der Waals surface area contributed by atoms with E-state index in [9.17, 15) is 0 Å². The number of hydrogen-bond donors (Lipinski definition) is 0. The molecule has 0 amide bonds. The molecule has 0 aromatic rings. The van der Waals surface area contributed by atoms with E-state index in [0.29, 0.717) is 0 Å². The molecule has 0 heterocycles. The molecule has 10 heavy (non-hydrogen) atoms. The lowest BCUT2D eigenvalue weighted by Gasteiger charge is -2.14. The number of halogens is 1. The van der Waals surface area contributed by atoms with Crippen molar-refractivity contribution >= 4 is 30.7 Å². The third-order valence-corrected chi connectivity index (χ3v) is 3.36. The van der Waals surface area contributed by atoms with Gasteiger partial charge in [-0.3, -0.25) is 0 Å². The minimum Gasteiger partial charge on any atom is -0.381 e. The maximum atomic E-state index is 5.39. The molecule has 0 unspecified atom stereocenters. The summed E-state index contributed by atoms with van der Waals surface area (Å²) in [5, 5.41) is 0. The fourth-order valence-electron chi connectivity index (χ4n) is 0.535. The van der Waals surface area contributed by atoms with Gasteiger partial charge in [0.1, 0.15) is 0 Å². The lowest BCUT2D eigenvalue weighted by molar-refractivity contribution is 0.165. The zero-order valence-corrected chi connectivity index (χ0v) is 10.3.